The molecule has 0 amide bonds. The van der Waals surface area contributed by atoms with E-state index in [9.17, 15) is 14.4 Å². The van der Waals surface area contributed by atoms with E-state index < -0.39 is 17.6 Å². The smallest absolute Gasteiger partial charge is 0.344 e. The average Bonchev–Trinajstić information content (AvgIpc) is 2.57. The van der Waals surface area contributed by atoms with Gasteiger partial charge in [-0.2, -0.15) is 0 Å². The number of ether oxygens (including phenoxy) is 2. The van der Waals surface area contributed by atoms with E-state index >= 15 is 0 Å². The third-order valence-electron chi connectivity index (χ3n) is 3.41. The number of esters is 2. The lowest BCUT2D eigenvalue weighted by atomic mass is 10.1. The fraction of sp³-hybridized carbons (Fsp3) is 0.105. The summed E-state index contributed by atoms with van der Waals surface area (Å²) >= 11 is 0. The number of carbonyl (C=O) groups is 2. The molecular weight excluding hydrogens is 324 g/mol. The predicted molar refractivity (Wildman–Crippen MR) is 90.5 cm³/mol. The highest BCUT2D eigenvalue weighted by molar-refractivity contribution is 5.91. The first-order valence-electron chi connectivity index (χ1n) is 7.49. The van der Waals surface area contributed by atoms with Gasteiger partial charge in [0.05, 0.1) is 5.56 Å². The number of carbonyl (C=O) groups excluding carboxylic acids is 2. The van der Waals surface area contributed by atoms with Crippen LogP contribution in [0.1, 0.15) is 13.8 Å². The van der Waals surface area contributed by atoms with Crippen LogP contribution in [0.2, 0.25) is 0 Å². The van der Waals surface area contributed by atoms with Crippen molar-refractivity contribution in [3.05, 3.63) is 59.0 Å². The Bertz CT molecular complexity index is 1020. The first kappa shape index (κ1) is 16.4. The molecule has 0 unspecified atom stereocenters. The molecule has 3 rings (SSSR count). The minimum Gasteiger partial charge on any atom is -0.423 e. The van der Waals surface area contributed by atoms with Crippen molar-refractivity contribution >= 4 is 22.9 Å². The molecule has 2 aromatic carbocycles. The fourth-order valence-corrected chi connectivity index (χ4v) is 2.44. The van der Waals surface area contributed by atoms with Crippen LogP contribution in [0.5, 0.6) is 11.5 Å². The van der Waals surface area contributed by atoms with Gasteiger partial charge in [0, 0.05) is 19.2 Å². The van der Waals surface area contributed by atoms with E-state index in [1.807, 2.05) is 18.2 Å². The third-order valence-corrected chi connectivity index (χ3v) is 3.41. The summed E-state index contributed by atoms with van der Waals surface area (Å²) in [5.41, 5.74) is 0.532. The van der Waals surface area contributed by atoms with E-state index in [-0.39, 0.29) is 17.1 Å². The second kappa shape index (κ2) is 6.60. The Kier molecular flexibility index (Phi) is 4.35. The van der Waals surface area contributed by atoms with E-state index in [1.165, 1.54) is 19.9 Å². The quantitative estimate of drug-likeness (QED) is 0.414. The number of hydrogen-bond acceptors (Lipinski definition) is 6. The van der Waals surface area contributed by atoms with Crippen molar-refractivity contribution in [3.8, 4) is 22.6 Å². The van der Waals surface area contributed by atoms with Gasteiger partial charge in [-0.25, -0.2) is 4.79 Å². The maximum atomic E-state index is 12.4. The number of hydrogen-bond donors (Lipinski definition) is 0. The molecule has 0 spiro atoms. The molecule has 0 aliphatic carbocycles. The predicted octanol–water partition coefficient (Wildman–Crippen LogP) is 3.31. The highest BCUT2D eigenvalue weighted by Gasteiger charge is 2.18. The van der Waals surface area contributed by atoms with E-state index in [1.54, 1.807) is 24.3 Å². The zero-order valence-corrected chi connectivity index (χ0v) is 13.6. The molecule has 25 heavy (non-hydrogen) atoms. The van der Waals surface area contributed by atoms with Crippen LogP contribution >= 0.6 is 0 Å². The largest absolute Gasteiger partial charge is 0.423 e. The molecule has 3 aromatic rings. The van der Waals surface area contributed by atoms with Crippen molar-refractivity contribution in [1.82, 2.24) is 0 Å². The molecule has 6 heteroatoms. The second-order valence-electron chi connectivity index (χ2n) is 5.31. The van der Waals surface area contributed by atoms with E-state index in [0.29, 0.717) is 16.5 Å². The van der Waals surface area contributed by atoms with Crippen molar-refractivity contribution in [2.24, 2.45) is 0 Å². The van der Waals surface area contributed by atoms with Gasteiger partial charge in [0.1, 0.15) is 0 Å². The van der Waals surface area contributed by atoms with Crippen LogP contribution in [0.25, 0.3) is 22.1 Å². The summed E-state index contributed by atoms with van der Waals surface area (Å²) in [6.45, 7) is 2.42. The lowest BCUT2D eigenvalue weighted by Crippen LogP contribution is -2.09. The second-order valence-corrected chi connectivity index (χ2v) is 5.31. The van der Waals surface area contributed by atoms with E-state index in [4.69, 9.17) is 13.9 Å². The highest BCUT2D eigenvalue weighted by atomic mass is 16.6. The van der Waals surface area contributed by atoms with E-state index in [2.05, 4.69) is 0 Å². The Hall–Kier alpha value is -3.41. The highest BCUT2D eigenvalue weighted by Crippen LogP contribution is 2.36. The fourth-order valence-electron chi connectivity index (χ4n) is 2.44. The van der Waals surface area contributed by atoms with Crippen LogP contribution in [0.4, 0.5) is 0 Å². The monoisotopic (exact) mass is 338 g/mol. The summed E-state index contributed by atoms with van der Waals surface area (Å²) in [5, 5.41) is 0.533. The van der Waals surface area contributed by atoms with Gasteiger partial charge in [-0.05, 0) is 23.8 Å². The zero-order valence-electron chi connectivity index (χ0n) is 13.6. The van der Waals surface area contributed by atoms with Gasteiger partial charge in [-0.1, -0.05) is 30.3 Å². The van der Waals surface area contributed by atoms with Gasteiger partial charge in [0.2, 0.25) is 5.75 Å². The standard InChI is InChI=1S/C19H14O6/c1-11(20)23-16-9-8-14-10-15(13-6-4-3-5-7-13)19(22)25-17(14)18(16)24-12(2)21/h3-10H,1-2H3. The Labute approximate surface area is 142 Å². The molecule has 0 bridgehead atoms. The molecule has 126 valence electrons. The Morgan fingerprint density at radius 3 is 2.24 bits per heavy atom. The van der Waals surface area contributed by atoms with Crippen molar-refractivity contribution in [3.63, 3.8) is 0 Å². The molecule has 0 aliphatic heterocycles. The Morgan fingerprint density at radius 2 is 1.60 bits per heavy atom. The molecule has 0 fully saturated rings. The summed E-state index contributed by atoms with van der Waals surface area (Å²) in [6.07, 6.45) is 0. The number of rotatable bonds is 3. The van der Waals surface area contributed by atoms with Crippen LogP contribution in [-0.2, 0) is 9.59 Å². The van der Waals surface area contributed by atoms with E-state index in [0.717, 1.165) is 0 Å². The minimum absolute atomic E-state index is 0.00538. The Balaban J connectivity index is 2.24. The van der Waals surface area contributed by atoms with Gasteiger partial charge in [0.15, 0.2) is 11.3 Å². The normalized spacial score (nSPS) is 10.5. The van der Waals surface area contributed by atoms with Crippen molar-refractivity contribution in [1.29, 1.82) is 0 Å². The van der Waals surface area contributed by atoms with Crippen LogP contribution in [0, 0.1) is 0 Å². The zero-order chi connectivity index (χ0) is 18.0. The maximum absolute atomic E-state index is 12.4. The van der Waals surface area contributed by atoms with Gasteiger partial charge >= 0.3 is 17.6 Å². The molecule has 0 atom stereocenters. The molecule has 0 aliphatic rings. The summed E-state index contributed by atoms with van der Waals surface area (Å²) in [4.78, 5) is 35.0. The topological polar surface area (TPSA) is 82.8 Å². The molecule has 0 saturated heterocycles. The molecule has 0 radical (unpaired) electrons. The molecule has 1 aromatic heterocycles. The average molecular weight is 338 g/mol. The lowest BCUT2D eigenvalue weighted by molar-refractivity contribution is -0.134. The first-order valence-corrected chi connectivity index (χ1v) is 7.49. The minimum atomic E-state index is -0.629. The summed E-state index contributed by atoms with van der Waals surface area (Å²) in [7, 11) is 0. The summed E-state index contributed by atoms with van der Waals surface area (Å²) in [5.74, 6) is -1.31. The van der Waals surface area contributed by atoms with Gasteiger partial charge < -0.3 is 13.9 Å². The van der Waals surface area contributed by atoms with Gasteiger partial charge in [-0.3, -0.25) is 9.59 Å². The first-order chi connectivity index (χ1) is 12.0. The summed E-state index contributed by atoms with van der Waals surface area (Å²) < 4.78 is 15.5. The van der Waals surface area contributed by atoms with Crippen LogP contribution in [0.15, 0.2) is 57.7 Å². The van der Waals surface area contributed by atoms with Gasteiger partial charge in [0.25, 0.3) is 0 Å². The molecule has 0 N–H and O–H groups in total. The van der Waals surface area contributed by atoms with Crippen LogP contribution in [0.3, 0.4) is 0 Å². The SMILES string of the molecule is CC(=O)Oc1ccc2cc(-c3ccccc3)c(=O)oc2c1OC(C)=O. The maximum Gasteiger partial charge on any atom is 0.344 e. The molecule has 6 nitrogen and oxygen atoms in total. The molecule has 1 heterocycles. The third kappa shape index (κ3) is 3.42. The lowest BCUT2D eigenvalue weighted by Gasteiger charge is -2.11. The van der Waals surface area contributed by atoms with Crippen molar-refractivity contribution < 1.29 is 23.5 Å². The number of benzene rings is 2. The van der Waals surface area contributed by atoms with Crippen molar-refractivity contribution in [2.45, 2.75) is 13.8 Å². The summed E-state index contributed by atoms with van der Waals surface area (Å²) in [6, 6.07) is 13.8. The molecular formula is C19H14O6. The Morgan fingerprint density at radius 1 is 0.920 bits per heavy atom. The van der Waals surface area contributed by atoms with Crippen LogP contribution in [-0.4, -0.2) is 11.9 Å². The van der Waals surface area contributed by atoms with Gasteiger partial charge in [-0.15, -0.1) is 0 Å². The van der Waals surface area contributed by atoms with Crippen molar-refractivity contribution in [2.75, 3.05) is 0 Å². The molecule has 0 saturated carbocycles. The number of fused-ring (bicyclic) bond motifs is 1. The van der Waals surface area contributed by atoms with Crippen LogP contribution < -0.4 is 15.1 Å².